The molecular weight excluding hydrogens is 230 g/mol. The zero-order chi connectivity index (χ0) is 13.3. The molecule has 0 spiro atoms. The van der Waals surface area contributed by atoms with E-state index in [9.17, 15) is 4.79 Å². The van der Waals surface area contributed by atoms with Gasteiger partial charge in [-0.2, -0.15) is 5.10 Å². The van der Waals surface area contributed by atoms with Crippen molar-refractivity contribution in [2.24, 2.45) is 7.05 Å². The van der Waals surface area contributed by atoms with Crippen molar-refractivity contribution >= 4 is 17.4 Å². The third-order valence-corrected chi connectivity index (χ3v) is 2.52. The summed E-state index contributed by atoms with van der Waals surface area (Å²) in [5.41, 5.74) is 8.26. The Kier molecular flexibility index (Phi) is 3.01. The summed E-state index contributed by atoms with van der Waals surface area (Å²) in [5, 5.41) is 6.64. The Hall–Kier alpha value is -2.37. The Morgan fingerprint density at radius 2 is 2.11 bits per heavy atom. The number of nitrogen functional groups attached to an aromatic ring is 1. The van der Waals surface area contributed by atoms with E-state index in [1.54, 1.807) is 13.1 Å². The van der Waals surface area contributed by atoms with Crippen LogP contribution in [0.15, 0.2) is 18.3 Å². The Bertz CT molecular complexity index is 563. The molecule has 0 saturated carbocycles. The van der Waals surface area contributed by atoms with Crippen LogP contribution in [0.5, 0.6) is 0 Å². The van der Waals surface area contributed by atoms with Gasteiger partial charge in [-0.3, -0.25) is 9.48 Å². The molecule has 6 heteroatoms. The van der Waals surface area contributed by atoms with E-state index in [0.29, 0.717) is 17.2 Å². The van der Waals surface area contributed by atoms with E-state index in [0.717, 1.165) is 11.3 Å². The van der Waals surface area contributed by atoms with Crippen molar-refractivity contribution in [3.8, 4) is 0 Å². The summed E-state index contributed by atoms with van der Waals surface area (Å²) < 4.78 is 1.44. The van der Waals surface area contributed by atoms with Crippen LogP contribution in [0.2, 0.25) is 0 Å². The smallest absolute Gasteiger partial charge is 0.277 e. The maximum Gasteiger partial charge on any atom is 0.277 e. The normalized spacial score (nSPS) is 10.4. The Balaban J connectivity index is 2.27. The Labute approximate surface area is 105 Å². The number of aromatic nitrogens is 3. The van der Waals surface area contributed by atoms with Crippen molar-refractivity contribution < 1.29 is 4.79 Å². The standard InChI is InChI=1S/C12H15N5O/c1-7-4-8(2)15-10(5-7)16-12(18)11-9(13)6-14-17(11)3/h4-6H,13H2,1-3H3,(H,15,16,18). The minimum atomic E-state index is -0.315. The van der Waals surface area contributed by atoms with Gasteiger partial charge in [0, 0.05) is 12.7 Å². The van der Waals surface area contributed by atoms with Crippen LogP contribution < -0.4 is 11.1 Å². The minimum Gasteiger partial charge on any atom is -0.396 e. The minimum absolute atomic E-state index is 0.315. The molecule has 3 N–H and O–H groups in total. The summed E-state index contributed by atoms with van der Waals surface area (Å²) in [6.45, 7) is 3.82. The number of aryl methyl sites for hydroxylation is 3. The van der Waals surface area contributed by atoms with Gasteiger partial charge in [-0.1, -0.05) is 0 Å². The average molecular weight is 245 g/mol. The number of anilines is 2. The molecule has 18 heavy (non-hydrogen) atoms. The molecule has 0 aliphatic carbocycles. The number of carbonyl (C=O) groups is 1. The maximum absolute atomic E-state index is 12.0. The molecule has 0 fully saturated rings. The Morgan fingerprint density at radius 3 is 2.67 bits per heavy atom. The highest BCUT2D eigenvalue weighted by molar-refractivity contribution is 6.05. The topological polar surface area (TPSA) is 85.8 Å². The third kappa shape index (κ3) is 2.32. The fourth-order valence-corrected chi connectivity index (χ4v) is 1.81. The number of hydrogen-bond acceptors (Lipinski definition) is 4. The van der Waals surface area contributed by atoms with E-state index >= 15 is 0 Å². The second-order valence-corrected chi connectivity index (χ2v) is 4.20. The van der Waals surface area contributed by atoms with Crippen molar-refractivity contribution in [3.63, 3.8) is 0 Å². The van der Waals surface area contributed by atoms with Crippen LogP contribution in [0.3, 0.4) is 0 Å². The first-order chi connectivity index (χ1) is 8.47. The largest absolute Gasteiger partial charge is 0.396 e. The maximum atomic E-state index is 12.0. The fraction of sp³-hybridized carbons (Fsp3) is 0.250. The number of carbonyl (C=O) groups excluding carboxylic acids is 1. The van der Waals surface area contributed by atoms with Gasteiger partial charge in [-0.15, -0.1) is 0 Å². The number of amides is 1. The van der Waals surface area contributed by atoms with Gasteiger partial charge in [0.1, 0.15) is 11.5 Å². The van der Waals surface area contributed by atoms with E-state index < -0.39 is 0 Å². The van der Waals surface area contributed by atoms with Crippen molar-refractivity contribution in [3.05, 3.63) is 35.3 Å². The van der Waals surface area contributed by atoms with Gasteiger partial charge >= 0.3 is 0 Å². The van der Waals surface area contributed by atoms with Crippen LogP contribution in [-0.4, -0.2) is 20.7 Å². The lowest BCUT2D eigenvalue weighted by Crippen LogP contribution is -2.18. The molecule has 0 unspecified atom stereocenters. The number of pyridine rings is 1. The summed E-state index contributed by atoms with van der Waals surface area (Å²) in [6.07, 6.45) is 1.45. The van der Waals surface area contributed by atoms with Crippen molar-refractivity contribution in [1.29, 1.82) is 0 Å². The summed E-state index contributed by atoms with van der Waals surface area (Å²) in [5.74, 6) is 0.197. The highest BCUT2D eigenvalue weighted by Gasteiger charge is 2.15. The molecule has 0 aromatic carbocycles. The lowest BCUT2D eigenvalue weighted by molar-refractivity contribution is 0.101. The lowest BCUT2D eigenvalue weighted by atomic mass is 10.2. The average Bonchev–Trinajstić information content (AvgIpc) is 2.56. The van der Waals surface area contributed by atoms with Gasteiger partial charge in [0.15, 0.2) is 0 Å². The van der Waals surface area contributed by atoms with Gasteiger partial charge < -0.3 is 11.1 Å². The molecule has 6 nitrogen and oxygen atoms in total. The highest BCUT2D eigenvalue weighted by atomic mass is 16.2. The van der Waals surface area contributed by atoms with Crippen molar-refractivity contribution in [2.45, 2.75) is 13.8 Å². The molecule has 0 saturated heterocycles. The molecule has 94 valence electrons. The monoisotopic (exact) mass is 245 g/mol. The van der Waals surface area contributed by atoms with Crippen LogP contribution in [0.25, 0.3) is 0 Å². The predicted molar refractivity (Wildman–Crippen MR) is 69.3 cm³/mol. The molecule has 2 aromatic heterocycles. The van der Waals surface area contributed by atoms with Crippen molar-refractivity contribution in [2.75, 3.05) is 11.1 Å². The molecule has 0 aliphatic rings. The Morgan fingerprint density at radius 1 is 1.39 bits per heavy atom. The summed E-state index contributed by atoms with van der Waals surface area (Å²) in [4.78, 5) is 16.3. The van der Waals surface area contributed by atoms with E-state index in [2.05, 4.69) is 15.4 Å². The first kappa shape index (κ1) is 12.1. The molecule has 0 aliphatic heterocycles. The van der Waals surface area contributed by atoms with Crippen LogP contribution in [0, 0.1) is 13.8 Å². The first-order valence-corrected chi connectivity index (χ1v) is 5.51. The van der Waals surface area contributed by atoms with E-state index in [1.165, 1.54) is 10.9 Å². The molecule has 2 aromatic rings. The first-order valence-electron chi connectivity index (χ1n) is 5.51. The van der Waals surface area contributed by atoms with Gasteiger partial charge in [0.2, 0.25) is 0 Å². The highest BCUT2D eigenvalue weighted by Crippen LogP contribution is 2.14. The summed E-state index contributed by atoms with van der Waals surface area (Å²) >= 11 is 0. The molecule has 0 atom stereocenters. The number of nitrogens with zero attached hydrogens (tertiary/aromatic N) is 3. The quantitative estimate of drug-likeness (QED) is 0.834. The molecule has 1 amide bonds. The van der Waals surface area contributed by atoms with Crippen LogP contribution in [-0.2, 0) is 7.05 Å². The van der Waals surface area contributed by atoms with E-state index in [-0.39, 0.29) is 5.91 Å². The van der Waals surface area contributed by atoms with Gasteiger partial charge in [-0.05, 0) is 31.5 Å². The molecular formula is C12H15N5O. The second-order valence-electron chi connectivity index (χ2n) is 4.20. The molecule has 2 heterocycles. The summed E-state index contributed by atoms with van der Waals surface area (Å²) in [6, 6.07) is 3.74. The van der Waals surface area contributed by atoms with E-state index in [1.807, 2.05) is 19.9 Å². The van der Waals surface area contributed by atoms with Gasteiger partial charge in [-0.25, -0.2) is 4.98 Å². The number of nitrogens with one attached hydrogen (secondary N) is 1. The van der Waals surface area contributed by atoms with E-state index in [4.69, 9.17) is 5.73 Å². The SMILES string of the molecule is Cc1cc(C)nc(NC(=O)c2c(N)cnn2C)c1. The predicted octanol–water partition coefficient (Wildman–Crippen LogP) is 1.27. The second kappa shape index (κ2) is 4.48. The third-order valence-electron chi connectivity index (χ3n) is 2.52. The lowest BCUT2D eigenvalue weighted by Gasteiger charge is -2.07. The van der Waals surface area contributed by atoms with Crippen LogP contribution in [0.1, 0.15) is 21.7 Å². The fourth-order valence-electron chi connectivity index (χ4n) is 1.81. The van der Waals surface area contributed by atoms with Crippen LogP contribution in [0.4, 0.5) is 11.5 Å². The molecule has 0 bridgehead atoms. The van der Waals surface area contributed by atoms with Crippen LogP contribution >= 0.6 is 0 Å². The zero-order valence-electron chi connectivity index (χ0n) is 10.6. The number of rotatable bonds is 2. The van der Waals surface area contributed by atoms with Gasteiger partial charge in [0.25, 0.3) is 5.91 Å². The summed E-state index contributed by atoms with van der Waals surface area (Å²) in [7, 11) is 1.67. The molecule has 0 radical (unpaired) electrons. The zero-order valence-corrected chi connectivity index (χ0v) is 10.6. The van der Waals surface area contributed by atoms with Gasteiger partial charge in [0.05, 0.1) is 11.9 Å². The molecule has 2 rings (SSSR count). The number of hydrogen-bond donors (Lipinski definition) is 2. The van der Waals surface area contributed by atoms with Crippen molar-refractivity contribution in [1.82, 2.24) is 14.8 Å². The number of nitrogens with two attached hydrogens (primary N) is 1.